The van der Waals surface area contributed by atoms with Gasteiger partial charge in [0.25, 0.3) is 0 Å². The number of ether oxygens (including phenoxy) is 1. The van der Waals surface area contributed by atoms with Crippen molar-refractivity contribution in [2.24, 2.45) is 5.73 Å². The van der Waals surface area contributed by atoms with E-state index in [0.29, 0.717) is 19.6 Å². The van der Waals surface area contributed by atoms with E-state index >= 15 is 0 Å². The summed E-state index contributed by atoms with van der Waals surface area (Å²) in [4.78, 5) is 10.2. The van der Waals surface area contributed by atoms with Crippen molar-refractivity contribution in [3.8, 4) is 0 Å². The van der Waals surface area contributed by atoms with Crippen LogP contribution in [0, 0.1) is 0 Å². The van der Waals surface area contributed by atoms with Crippen LogP contribution in [0.1, 0.15) is 6.42 Å². The van der Waals surface area contributed by atoms with E-state index in [9.17, 15) is 4.79 Å². The SMILES string of the molecule is NC(=O)OCCCn1cc(Br)cn1. The zero-order valence-corrected chi connectivity index (χ0v) is 8.53. The number of rotatable bonds is 4. The monoisotopic (exact) mass is 247 g/mol. The number of hydrogen-bond acceptors (Lipinski definition) is 3. The molecule has 0 saturated heterocycles. The molecule has 13 heavy (non-hydrogen) atoms. The lowest BCUT2D eigenvalue weighted by atomic mass is 10.4. The number of hydrogen-bond donors (Lipinski definition) is 1. The van der Waals surface area contributed by atoms with Gasteiger partial charge in [0, 0.05) is 19.2 Å². The fourth-order valence-electron chi connectivity index (χ4n) is 0.860. The largest absolute Gasteiger partial charge is 0.450 e. The van der Waals surface area contributed by atoms with Gasteiger partial charge in [-0.05, 0) is 15.9 Å². The molecule has 0 aliphatic heterocycles. The Morgan fingerprint density at radius 2 is 2.54 bits per heavy atom. The van der Waals surface area contributed by atoms with E-state index in [0.717, 1.165) is 4.47 Å². The molecule has 1 aromatic rings. The van der Waals surface area contributed by atoms with Crippen LogP contribution in [0.3, 0.4) is 0 Å². The van der Waals surface area contributed by atoms with Crippen LogP contribution in [0.25, 0.3) is 0 Å². The highest BCUT2D eigenvalue weighted by Crippen LogP contribution is 2.06. The summed E-state index contributed by atoms with van der Waals surface area (Å²) in [5.41, 5.74) is 4.78. The van der Waals surface area contributed by atoms with Gasteiger partial charge in [0.05, 0.1) is 17.3 Å². The second-order valence-electron chi connectivity index (χ2n) is 2.44. The van der Waals surface area contributed by atoms with Crippen molar-refractivity contribution in [2.75, 3.05) is 6.61 Å². The summed E-state index contributed by atoms with van der Waals surface area (Å²) < 4.78 is 7.25. The molecule has 0 aliphatic carbocycles. The number of carbonyl (C=O) groups excluding carboxylic acids is 1. The number of carbonyl (C=O) groups is 1. The van der Waals surface area contributed by atoms with Gasteiger partial charge < -0.3 is 10.5 Å². The average molecular weight is 248 g/mol. The zero-order valence-electron chi connectivity index (χ0n) is 6.94. The molecule has 0 unspecified atom stereocenters. The molecular formula is C7H10BrN3O2. The van der Waals surface area contributed by atoms with E-state index in [1.165, 1.54) is 0 Å². The summed E-state index contributed by atoms with van der Waals surface area (Å²) in [6, 6.07) is 0. The van der Waals surface area contributed by atoms with Gasteiger partial charge in [-0.25, -0.2) is 4.79 Å². The third-order valence-corrected chi connectivity index (χ3v) is 1.79. The maximum atomic E-state index is 10.2. The Hall–Kier alpha value is -1.04. The van der Waals surface area contributed by atoms with Crippen molar-refractivity contribution < 1.29 is 9.53 Å². The minimum absolute atomic E-state index is 0.326. The third-order valence-electron chi connectivity index (χ3n) is 1.38. The Labute approximate surface area is 84.0 Å². The highest BCUT2D eigenvalue weighted by molar-refractivity contribution is 9.10. The van der Waals surface area contributed by atoms with Gasteiger partial charge in [-0.2, -0.15) is 5.10 Å². The van der Waals surface area contributed by atoms with Crippen molar-refractivity contribution in [2.45, 2.75) is 13.0 Å². The Morgan fingerprint density at radius 3 is 3.08 bits per heavy atom. The minimum atomic E-state index is -0.735. The van der Waals surface area contributed by atoms with Crippen LogP contribution >= 0.6 is 15.9 Å². The number of nitrogens with zero attached hydrogens (tertiary/aromatic N) is 2. The smallest absolute Gasteiger partial charge is 0.404 e. The third kappa shape index (κ3) is 3.93. The molecule has 1 amide bonds. The number of primary amides is 1. The molecule has 0 aliphatic rings. The van der Waals surface area contributed by atoms with Crippen LogP contribution < -0.4 is 5.73 Å². The van der Waals surface area contributed by atoms with Crippen molar-refractivity contribution in [3.05, 3.63) is 16.9 Å². The van der Waals surface area contributed by atoms with E-state index in [1.54, 1.807) is 10.9 Å². The Morgan fingerprint density at radius 1 is 1.77 bits per heavy atom. The topological polar surface area (TPSA) is 70.1 Å². The first-order valence-electron chi connectivity index (χ1n) is 3.78. The van der Waals surface area contributed by atoms with Crippen LogP contribution in [-0.4, -0.2) is 22.5 Å². The van der Waals surface area contributed by atoms with Gasteiger partial charge in [-0.1, -0.05) is 0 Å². The lowest BCUT2D eigenvalue weighted by molar-refractivity contribution is 0.153. The number of amides is 1. The first-order chi connectivity index (χ1) is 6.18. The van der Waals surface area contributed by atoms with E-state index in [-0.39, 0.29) is 0 Å². The molecule has 0 saturated carbocycles. The van der Waals surface area contributed by atoms with Crippen LogP contribution in [-0.2, 0) is 11.3 Å². The van der Waals surface area contributed by atoms with Gasteiger partial charge in [-0.15, -0.1) is 0 Å². The molecule has 0 bridgehead atoms. The number of nitrogens with two attached hydrogens (primary N) is 1. The van der Waals surface area contributed by atoms with Crippen LogP contribution in [0.2, 0.25) is 0 Å². The van der Waals surface area contributed by atoms with Crippen LogP contribution in [0.5, 0.6) is 0 Å². The maximum absolute atomic E-state index is 10.2. The quantitative estimate of drug-likeness (QED) is 0.812. The molecule has 2 N–H and O–H groups in total. The Bertz CT molecular complexity index is 287. The first-order valence-corrected chi connectivity index (χ1v) is 4.58. The molecule has 6 heteroatoms. The van der Waals surface area contributed by atoms with Gasteiger partial charge in [-0.3, -0.25) is 4.68 Å². The maximum Gasteiger partial charge on any atom is 0.404 e. The zero-order chi connectivity index (χ0) is 9.68. The van der Waals surface area contributed by atoms with Gasteiger partial charge in [0.1, 0.15) is 0 Å². The highest BCUT2D eigenvalue weighted by atomic mass is 79.9. The molecule has 1 aromatic heterocycles. The Balaban J connectivity index is 2.16. The number of aromatic nitrogens is 2. The Kier molecular flexibility index (Phi) is 3.75. The van der Waals surface area contributed by atoms with Crippen molar-refractivity contribution in [1.29, 1.82) is 0 Å². The van der Waals surface area contributed by atoms with Crippen molar-refractivity contribution in [1.82, 2.24) is 9.78 Å². The second kappa shape index (κ2) is 4.86. The van der Waals surface area contributed by atoms with E-state index < -0.39 is 6.09 Å². The molecule has 1 heterocycles. The lowest BCUT2D eigenvalue weighted by Gasteiger charge is -2.01. The molecule has 0 radical (unpaired) electrons. The standard InChI is InChI=1S/C7H10BrN3O2/c8-6-4-10-11(5-6)2-1-3-13-7(9)12/h4-5H,1-3H2,(H2,9,12). The predicted molar refractivity (Wildman–Crippen MR) is 50.1 cm³/mol. The summed E-state index contributed by atoms with van der Waals surface area (Å²) >= 11 is 3.28. The molecule has 0 fully saturated rings. The summed E-state index contributed by atoms with van der Waals surface area (Å²) in [6.07, 6.45) is 3.53. The summed E-state index contributed by atoms with van der Waals surface area (Å²) in [5, 5.41) is 4.03. The fourth-order valence-corrected chi connectivity index (χ4v) is 1.19. The molecular weight excluding hydrogens is 238 g/mol. The second-order valence-corrected chi connectivity index (χ2v) is 3.36. The van der Waals surface area contributed by atoms with Crippen molar-refractivity contribution in [3.63, 3.8) is 0 Å². The van der Waals surface area contributed by atoms with E-state index in [1.807, 2.05) is 6.20 Å². The molecule has 0 spiro atoms. The number of halogens is 1. The summed E-state index contributed by atoms with van der Waals surface area (Å²) in [6.45, 7) is 1.03. The van der Waals surface area contributed by atoms with Crippen LogP contribution in [0.15, 0.2) is 16.9 Å². The van der Waals surface area contributed by atoms with E-state index in [4.69, 9.17) is 5.73 Å². The molecule has 1 rings (SSSR count). The number of aryl methyl sites for hydroxylation is 1. The first kappa shape index (κ1) is 10.0. The van der Waals surface area contributed by atoms with Crippen molar-refractivity contribution >= 4 is 22.0 Å². The average Bonchev–Trinajstić information content (AvgIpc) is 2.45. The van der Waals surface area contributed by atoms with E-state index in [2.05, 4.69) is 25.8 Å². The lowest BCUT2D eigenvalue weighted by Crippen LogP contribution is -2.14. The molecule has 0 aromatic carbocycles. The molecule has 5 nitrogen and oxygen atoms in total. The molecule has 72 valence electrons. The normalized spacial score (nSPS) is 9.92. The highest BCUT2D eigenvalue weighted by Gasteiger charge is 1.96. The van der Waals surface area contributed by atoms with Gasteiger partial charge in [0.2, 0.25) is 0 Å². The molecule has 0 atom stereocenters. The van der Waals surface area contributed by atoms with Gasteiger partial charge in [0.15, 0.2) is 0 Å². The predicted octanol–water partition coefficient (Wildman–Crippen LogP) is 1.13. The van der Waals surface area contributed by atoms with Crippen LogP contribution in [0.4, 0.5) is 4.79 Å². The minimum Gasteiger partial charge on any atom is -0.450 e. The summed E-state index contributed by atoms with van der Waals surface area (Å²) in [5.74, 6) is 0. The van der Waals surface area contributed by atoms with Gasteiger partial charge >= 0.3 is 6.09 Å². The fraction of sp³-hybridized carbons (Fsp3) is 0.429. The summed E-state index contributed by atoms with van der Waals surface area (Å²) in [7, 11) is 0.